The van der Waals surface area contributed by atoms with Crippen molar-refractivity contribution >= 4 is 5.91 Å². The number of likely N-dealkylation sites (N-methyl/N-ethyl adjacent to an activating group) is 2. The first-order valence-corrected chi connectivity index (χ1v) is 7.92. The van der Waals surface area contributed by atoms with Gasteiger partial charge in [0.05, 0.1) is 32.8 Å². The number of carbonyl (C=O) groups excluding carboxylic acids is 1. The van der Waals surface area contributed by atoms with Gasteiger partial charge in [0.25, 0.3) is 0 Å². The number of hydrogen-bond acceptors (Lipinski definition) is 2. The normalized spacial score (nSPS) is 12.1. The molecule has 20 heavy (non-hydrogen) atoms. The lowest BCUT2D eigenvalue weighted by Gasteiger charge is -2.37. The van der Waals surface area contributed by atoms with Gasteiger partial charge in [0, 0.05) is 7.05 Å². The van der Waals surface area contributed by atoms with E-state index in [-0.39, 0.29) is 12.5 Å². The molecule has 0 rings (SSSR count). The summed E-state index contributed by atoms with van der Waals surface area (Å²) in [6.07, 6.45) is 6.93. The van der Waals surface area contributed by atoms with Crippen LogP contribution >= 0.6 is 0 Å². The summed E-state index contributed by atoms with van der Waals surface area (Å²) >= 11 is 0. The molecule has 0 aromatic rings. The van der Waals surface area contributed by atoms with Gasteiger partial charge in [-0.25, -0.2) is 0 Å². The van der Waals surface area contributed by atoms with Gasteiger partial charge in [0.1, 0.15) is 6.54 Å². The van der Waals surface area contributed by atoms with Crippen LogP contribution in [0.4, 0.5) is 0 Å². The first kappa shape index (κ1) is 19.1. The van der Waals surface area contributed by atoms with Crippen LogP contribution in [0.3, 0.4) is 0 Å². The molecule has 0 spiro atoms. The van der Waals surface area contributed by atoms with Crippen molar-refractivity contribution in [1.29, 1.82) is 0 Å². The molecule has 0 radical (unpaired) electrons. The molecule has 0 fully saturated rings. The minimum absolute atomic E-state index is 0.0791. The summed E-state index contributed by atoms with van der Waals surface area (Å²) in [5.74, 6) is 0.0791. The highest BCUT2D eigenvalue weighted by Gasteiger charge is 2.23. The van der Waals surface area contributed by atoms with Gasteiger partial charge in [-0.1, -0.05) is 25.8 Å². The van der Waals surface area contributed by atoms with Crippen LogP contribution in [0.15, 0.2) is 12.2 Å². The Morgan fingerprint density at radius 3 is 2.35 bits per heavy atom. The molecule has 0 aromatic heterocycles. The third kappa shape index (κ3) is 7.06. The van der Waals surface area contributed by atoms with Gasteiger partial charge in [-0.15, -0.1) is 0 Å². The molecule has 1 amide bonds. The van der Waals surface area contributed by atoms with Crippen molar-refractivity contribution in [2.75, 3.05) is 46.4 Å². The summed E-state index contributed by atoms with van der Waals surface area (Å²) in [5.41, 5.74) is 0. The highest BCUT2D eigenvalue weighted by Crippen LogP contribution is 2.06. The van der Waals surface area contributed by atoms with Crippen LogP contribution in [-0.4, -0.2) is 66.8 Å². The second-order valence-corrected chi connectivity index (χ2v) is 5.45. The van der Waals surface area contributed by atoms with E-state index >= 15 is 0 Å². The zero-order valence-corrected chi connectivity index (χ0v) is 13.8. The van der Waals surface area contributed by atoms with Gasteiger partial charge in [-0.2, -0.15) is 0 Å². The van der Waals surface area contributed by atoms with Gasteiger partial charge >= 0.3 is 0 Å². The standard InChI is InChI=1S/C16H33N2O2/c1-5-8-9-10-11-16(20)17(4)12-13-18(6-2,7-3)14-15-19/h10-11,19H,5-9,12-15H2,1-4H3/q+1/b11-10+. The van der Waals surface area contributed by atoms with Gasteiger partial charge in [-0.3, -0.25) is 4.79 Å². The molecule has 0 aliphatic rings. The lowest BCUT2D eigenvalue weighted by Crippen LogP contribution is -2.53. The fourth-order valence-electron chi connectivity index (χ4n) is 2.29. The lowest BCUT2D eigenvalue weighted by molar-refractivity contribution is -0.924. The third-order valence-corrected chi connectivity index (χ3v) is 4.19. The van der Waals surface area contributed by atoms with Crippen LogP contribution in [0.2, 0.25) is 0 Å². The summed E-state index contributed by atoms with van der Waals surface area (Å²) in [6, 6.07) is 0. The van der Waals surface area contributed by atoms with E-state index in [9.17, 15) is 9.90 Å². The summed E-state index contributed by atoms with van der Waals surface area (Å²) in [6.45, 7) is 11.0. The van der Waals surface area contributed by atoms with Crippen LogP contribution in [0, 0.1) is 0 Å². The van der Waals surface area contributed by atoms with Crippen LogP contribution in [0.25, 0.3) is 0 Å². The molecule has 0 saturated heterocycles. The van der Waals surface area contributed by atoms with Crippen molar-refractivity contribution in [3.63, 3.8) is 0 Å². The summed E-state index contributed by atoms with van der Waals surface area (Å²) in [4.78, 5) is 13.7. The van der Waals surface area contributed by atoms with Crippen molar-refractivity contribution in [2.45, 2.75) is 40.0 Å². The molecule has 0 bridgehead atoms. The Labute approximate surface area is 124 Å². The second kappa shape index (κ2) is 10.9. The van der Waals surface area contributed by atoms with E-state index < -0.39 is 0 Å². The summed E-state index contributed by atoms with van der Waals surface area (Å²) in [7, 11) is 1.85. The van der Waals surface area contributed by atoms with Crippen molar-refractivity contribution < 1.29 is 14.4 Å². The monoisotopic (exact) mass is 285 g/mol. The molecule has 0 heterocycles. The molecule has 4 heteroatoms. The Kier molecular flexibility index (Phi) is 10.4. The SMILES string of the molecule is CCCC/C=C/C(=O)N(C)CC[N+](CC)(CC)CCO. The maximum atomic E-state index is 11.9. The predicted molar refractivity (Wildman–Crippen MR) is 84.5 cm³/mol. The Morgan fingerprint density at radius 2 is 1.85 bits per heavy atom. The van der Waals surface area contributed by atoms with E-state index in [0.717, 1.165) is 56.5 Å². The van der Waals surface area contributed by atoms with E-state index in [1.54, 1.807) is 11.0 Å². The van der Waals surface area contributed by atoms with Gasteiger partial charge < -0.3 is 14.5 Å². The largest absolute Gasteiger partial charge is 0.391 e. The molecule has 1 N–H and O–H groups in total. The maximum absolute atomic E-state index is 11.9. The fraction of sp³-hybridized carbons (Fsp3) is 0.812. The molecule has 0 aliphatic carbocycles. The van der Waals surface area contributed by atoms with Gasteiger partial charge in [-0.05, 0) is 26.3 Å². The number of unbranched alkanes of at least 4 members (excludes halogenated alkanes) is 2. The number of amides is 1. The highest BCUT2D eigenvalue weighted by atomic mass is 16.3. The van der Waals surface area contributed by atoms with Crippen LogP contribution in [-0.2, 0) is 4.79 Å². The zero-order valence-electron chi connectivity index (χ0n) is 13.8. The lowest BCUT2D eigenvalue weighted by atomic mass is 10.2. The van der Waals surface area contributed by atoms with E-state index in [1.807, 2.05) is 13.1 Å². The number of aliphatic hydroxyl groups is 1. The van der Waals surface area contributed by atoms with Crippen molar-refractivity contribution in [3.05, 3.63) is 12.2 Å². The summed E-state index contributed by atoms with van der Waals surface area (Å²) in [5, 5.41) is 9.20. The molecule has 0 aliphatic heterocycles. The van der Waals surface area contributed by atoms with Gasteiger partial charge in [0.2, 0.25) is 5.91 Å². The number of aliphatic hydroxyl groups excluding tert-OH is 1. The molecule has 118 valence electrons. The number of rotatable bonds is 11. The highest BCUT2D eigenvalue weighted by molar-refractivity contribution is 5.87. The Hall–Kier alpha value is -0.870. The van der Waals surface area contributed by atoms with Crippen LogP contribution in [0.5, 0.6) is 0 Å². The number of nitrogens with zero attached hydrogens (tertiary/aromatic N) is 2. The Morgan fingerprint density at radius 1 is 1.20 bits per heavy atom. The maximum Gasteiger partial charge on any atom is 0.246 e. The average Bonchev–Trinajstić information content (AvgIpc) is 2.47. The van der Waals surface area contributed by atoms with Crippen molar-refractivity contribution in [3.8, 4) is 0 Å². The minimum atomic E-state index is 0.0791. The average molecular weight is 285 g/mol. The number of carbonyl (C=O) groups is 1. The molecule has 0 unspecified atom stereocenters. The number of quaternary nitrogens is 1. The van der Waals surface area contributed by atoms with Crippen LogP contribution < -0.4 is 0 Å². The number of allylic oxidation sites excluding steroid dienone is 1. The molecule has 0 aromatic carbocycles. The number of hydrogen-bond donors (Lipinski definition) is 1. The molecule has 0 saturated carbocycles. The van der Waals surface area contributed by atoms with E-state index in [1.165, 1.54) is 0 Å². The first-order valence-electron chi connectivity index (χ1n) is 7.92. The van der Waals surface area contributed by atoms with Gasteiger partial charge in [0.15, 0.2) is 0 Å². The topological polar surface area (TPSA) is 40.5 Å². The first-order chi connectivity index (χ1) is 9.55. The minimum Gasteiger partial charge on any atom is -0.391 e. The third-order valence-electron chi connectivity index (χ3n) is 4.19. The predicted octanol–water partition coefficient (Wildman–Crippen LogP) is 2.04. The Bertz CT molecular complexity index is 286. The summed E-state index contributed by atoms with van der Waals surface area (Å²) < 4.78 is 0.869. The zero-order chi connectivity index (χ0) is 15.4. The van der Waals surface area contributed by atoms with E-state index in [0.29, 0.717) is 0 Å². The fourth-order valence-corrected chi connectivity index (χ4v) is 2.29. The van der Waals surface area contributed by atoms with Crippen LogP contribution in [0.1, 0.15) is 40.0 Å². The molecular weight excluding hydrogens is 252 g/mol. The van der Waals surface area contributed by atoms with E-state index in [2.05, 4.69) is 20.8 Å². The van der Waals surface area contributed by atoms with E-state index in [4.69, 9.17) is 0 Å². The quantitative estimate of drug-likeness (QED) is 0.358. The second-order valence-electron chi connectivity index (χ2n) is 5.45. The smallest absolute Gasteiger partial charge is 0.246 e. The Balaban J connectivity index is 4.27. The molecular formula is C16H33N2O2+. The molecule has 4 nitrogen and oxygen atoms in total. The van der Waals surface area contributed by atoms with Crippen molar-refractivity contribution in [1.82, 2.24) is 4.90 Å². The molecule has 0 atom stereocenters. The van der Waals surface area contributed by atoms with Crippen molar-refractivity contribution in [2.24, 2.45) is 0 Å².